The van der Waals surface area contributed by atoms with Gasteiger partial charge in [0.25, 0.3) is 6.71 Å². The molecular formula is C67H42BNO2Si. The van der Waals surface area contributed by atoms with E-state index >= 15 is 0 Å². The maximum atomic E-state index is 7.42. The van der Waals surface area contributed by atoms with Crippen molar-refractivity contribution in [1.29, 1.82) is 0 Å². The van der Waals surface area contributed by atoms with Crippen molar-refractivity contribution in [2.45, 2.75) is 5.41 Å². The number of rotatable bonds is 5. The summed E-state index contributed by atoms with van der Waals surface area (Å²) in [7, 11) is -2.86. The van der Waals surface area contributed by atoms with Gasteiger partial charge in [0.1, 0.15) is 23.0 Å². The van der Waals surface area contributed by atoms with Crippen LogP contribution in [0.4, 0.5) is 0 Å². The van der Waals surface area contributed by atoms with Crippen LogP contribution in [0.25, 0.3) is 49.7 Å². The molecule has 0 unspecified atom stereocenters. The van der Waals surface area contributed by atoms with Crippen LogP contribution in [0.5, 0.6) is 23.0 Å². The van der Waals surface area contributed by atoms with Gasteiger partial charge >= 0.3 is 0 Å². The van der Waals surface area contributed by atoms with Crippen molar-refractivity contribution < 1.29 is 9.47 Å². The van der Waals surface area contributed by atoms with E-state index in [1.165, 1.54) is 76.0 Å². The predicted molar refractivity (Wildman–Crippen MR) is 298 cm³/mol. The Kier molecular flexibility index (Phi) is 8.21. The average Bonchev–Trinajstić information content (AvgIpc) is 4.06. The summed E-state index contributed by atoms with van der Waals surface area (Å²) in [5.41, 5.74) is 16.7. The summed E-state index contributed by atoms with van der Waals surface area (Å²) in [6.45, 7) is -0.0840. The van der Waals surface area contributed by atoms with E-state index in [4.69, 9.17) is 9.47 Å². The third kappa shape index (κ3) is 5.10. The van der Waals surface area contributed by atoms with Crippen molar-refractivity contribution in [2.24, 2.45) is 0 Å². The number of para-hydroxylation sites is 2. The Hall–Kier alpha value is -8.90. The molecule has 5 heteroatoms. The Labute approximate surface area is 419 Å². The van der Waals surface area contributed by atoms with Gasteiger partial charge in [0.05, 0.1) is 22.1 Å². The zero-order chi connectivity index (χ0) is 47.1. The molecule has 0 saturated heterocycles. The number of hydrogen-bond acceptors (Lipinski definition) is 2. The number of benzene rings is 11. The SMILES string of the molecule is c1ccc([Si](c2ccccc2)(c2ccccc2)c2ccc3c(c2)Oc2cc(-n4c5ccccc5c5c6c(ccc54)C4(c5ccccc5-c5ccccc54)c4ccccc4-6)cc4c2B3c2ccccc2O4)cc1. The zero-order valence-electron chi connectivity index (χ0n) is 39.1. The first-order valence-electron chi connectivity index (χ1n) is 25.0. The number of hydrogen-bond donors (Lipinski definition) is 0. The van der Waals surface area contributed by atoms with Crippen molar-refractivity contribution in [3.8, 4) is 50.9 Å². The molecule has 0 bridgehead atoms. The van der Waals surface area contributed by atoms with Crippen LogP contribution in [0, 0.1) is 0 Å². The molecule has 16 rings (SSSR count). The first-order valence-corrected chi connectivity index (χ1v) is 27.0. The zero-order valence-corrected chi connectivity index (χ0v) is 40.1. The highest BCUT2D eigenvalue weighted by molar-refractivity contribution is 7.20. The van der Waals surface area contributed by atoms with Crippen LogP contribution < -0.4 is 46.6 Å². The van der Waals surface area contributed by atoms with Crippen molar-refractivity contribution in [3.63, 3.8) is 0 Å². The molecule has 3 heterocycles. The van der Waals surface area contributed by atoms with Crippen molar-refractivity contribution in [3.05, 3.63) is 277 Å². The summed E-state index contributed by atoms with van der Waals surface area (Å²) in [6.07, 6.45) is 0. The molecule has 2 aliphatic carbocycles. The summed E-state index contributed by atoms with van der Waals surface area (Å²) in [5.74, 6) is 3.38. The van der Waals surface area contributed by atoms with Gasteiger partial charge in [-0.05, 0) is 100 Å². The molecule has 72 heavy (non-hydrogen) atoms. The van der Waals surface area contributed by atoms with E-state index in [0.717, 1.165) is 56.1 Å². The van der Waals surface area contributed by atoms with Gasteiger partial charge in [0, 0.05) is 28.4 Å². The average molecular weight is 932 g/mol. The van der Waals surface area contributed by atoms with E-state index in [-0.39, 0.29) is 6.71 Å². The number of fused-ring (bicyclic) bond motifs is 18. The Morgan fingerprint density at radius 1 is 0.361 bits per heavy atom. The highest BCUT2D eigenvalue weighted by Crippen LogP contribution is 2.64. The molecule has 0 amide bonds. The Morgan fingerprint density at radius 3 is 1.53 bits per heavy atom. The van der Waals surface area contributed by atoms with Crippen LogP contribution in [-0.4, -0.2) is 19.4 Å². The Morgan fingerprint density at radius 2 is 0.875 bits per heavy atom. The Bertz CT molecular complexity index is 4100. The van der Waals surface area contributed by atoms with E-state index < -0.39 is 13.5 Å². The lowest BCUT2D eigenvalue weighted by Crippen LogP contribution is -2.75. The highest BCUT2D eigenvalue weighted by atomic mass is 28.3. The lowest BCUT2D eigenvalue weighted by atomic mass is 9.35. The summed E-state index contributed by atoms with van der Waals surface area (Å²) in [4.78, 5) is 0. The standard InChI is InChI=1S/C67H42BNO2Si/c1-4-20-44(21-5-1)72(45-22-6-2-7-23-45,46-24-8-3-9-25-46)47-36-38-57-61(42-47)71-63-41-43(40-62-66(63)68(57)56-33-17-19-35-60(56)70-62)69-58-34-18-13-29-51(58)65-59(69)39-37-55-64(65)50-28-12-16-32-54(50)67(55)52-30-14-10-26-48(52)49-27-11-15-31-53(49)67/h1-42H. The van der Waals surface area contributed by atoms with E-state index in [2.05, 4.69) is 259 Å². The molecule has 334 valence electrons. The van der Waals surface area contributed by atoms with E-state index in [1.54, 1.807) is 0 Å². The summed E-state index contributed by atoms with van der Waals surface area (Å²) >= 11 is 0. The first-order chi connectivity index (χ1) is 35.7. The maximum Gasteiger partial charge on any atom is 0.260 e. The third-order valence-electron chi connectivity index (χ3n) is 16.5. The molecule has 0 saturated carbocycles. The quantitative estimate of drug-likeness (QED) is 0.127. The van der Waals surface area contributed by atoms with Crippen LogP contribution >= 0.6 is 0 Å². The van der Waals surface area contributed by atoms with Gasteiger partial charge in [-0.15, -0.1) is 0 Å². The smallest absolute Gasteiger partial charge is 0.260 e. The highest BCUT2D eigenvalue weighted by Gasteiger charge is 2.52. The van der Waals surface area contributed by atoms with E-state index in [9.17, 15) is 0 Å². The van der Waals surface area contributed by atoms with Gasteiger partial charge in [-0.3, -0.25) is 0 Å². The number of ether oxygens (including phenoxy) is 2. The molecule has 12 aromatic rings. The monoisotopic (exact) mass is 931 g/mol. The molecule has 0 radical (unpaired) electrons. The normalized spacial score (nSPS) is 13.9. The van der Waals surface area contributed by atoms with Crippen LogP contribution in [0.2, 0.25) is 0 Å². The molecule has 0 fully saturated rings. The Balaban J connectivity index is 0.936. The second-order valence-electron chi connectivity index (χ2n) is 19.8. The molecule has 4 aliphatic rings. The van der Waals surface area contributed by atoms with E-state index in [0.29, 0.717) is 0 Å². The molecule has 1 spiro atoms. The summed E-state index contributed by atoms with van der Waals surface area (Å²) in [6, 6.07) is 94.5. The fourth-order valence-corrected chi connectivity index (χ4v) is 18.5. The van der Waals surface area contributed by atoms with Crippen LogP contribution in [0.1, 0.15) is 22.3 Å². The minimum absolute atomic E-state index is 0.0840. The van der Waals surface area contributed by atoms with Crippen LogP contribution in [0.15, 0.2) is 255 Å². The predicted octanol–water partition coefficient (Wildman–Crippen LogP) is 11.2. The summed E-state index contributed by atoms with van der Waals surface area (Å²) < 4.78 is 16.9. The van der Waals surface area contributed by atoms with Gasteiger partial charge in [-0.2, -0.15) is 0 Å². The molecule has 11 aromatic carbocycles. The van der Waals surface area contributed by atoms with Crippen molar-refractivity contribution in [2.75, 3.05) is 0 Å². The largest absolute Gasteiger partial charge is 0.458 e. The lowest BCUT2D eigenvalue weighted by Gasteiger charge is -2.37. The molecular weight excluding hydrogens is 890 g/mol. The van der Waals surface area contributed by atoms with Gasteiger partial charge in [0.2, 0.25) is 0 Å². The van der Waals surface area contributed by atoms with Crippen molar-refractivity contribution >= 4 is 73.7 Å². The maximum absolute atomic E-state index is 7.42. The minimum atomic E-state index is -2.86. The molecule has 3 nitrogen and oxygen atoms in total. The van der Waals surface area contributed by atoms with E-state index in [1.807, 2.05) is 0 Å². The molecule has 0 atom stereocenters. The first kappa shape index (κ1) is 39.9. The second-order valence-corrected chi connectivity index (χ2v) is 23.6. The third-order valence-corrected chi connectivity index (χ3v) is 21.3. The van der Waals surface area contributed by atoms with Gasteiger partial charge in [0.15, 0.2) is 8.07 Å². The number of aromatic nitrogens is 1. The van der Waals surface area contributed by atoms with Crippen LogP contribution in [0.3, 0.4) is 0 Å². The molecule has 1 aromatic heterocycles. The lowest BCUT2D eigenvalue weighted by molar-refractivity contribution is 0.464. The van der Waals surface area contributed by atoms with Gasteiger partial charge < -0.3 is 14.0 Å². The molecule has 2 aliphatic heterocycles. The minimum Gasteiger partial charge on any atom is -0.458 e. The number of nitrogens with zero attached hydrogens (tertiary/aromatic N) is 1. The van der Waals surface area contributed by atoms with Gasteiger partial charge in [-0.25, -0.2) is 0 Å². The van der Waals surface area contributed by atoms with Crippen LogP contribution in [-0.2, 0) is 5.41 Å². The van der Waals surface area contributed by atoms with Crippen molar-refractivity contribution in [1.82, 2.24) is 4.57 Å². The fourth-order valence-electron chi connectivity index (χ4n) is 13.8. The van der Waals surface area contributed by atoms with Gasteiger partial charge in [-0.1, -0.05) is 218 Å². The molecule has 0 N–H and O–H groups in total. The fraction of sp³-hybridized carbons (Fsp3) is 0.0149. The topological polar surface area (TPSA) is 23.4 Å². The second kappa shape index (κ2) is 14.8. The summed E-state index contributed by atoms with van der Waals surface area (Å²) in [5, 5.41) is 7.72.